The molecule has 2 heterocycles. The van der Waals surface area contributed by atoms with Crippen molar-refractivity contribution < 1.29 is 44.6 Å². The molecule has 0 saturated carbocycles. The predicted molar refractivity (Wildman–Crippen MR) is 322 cm³/mol. The summed E-state index contributed by atoms with van der Waals surface area (Å²) in [5.41, 5.74) is 4.50. The lowest BCUT2D eigenvalue weighted by molar-refractivity contribution is -0.194. The highest BCUT2D eigenvalue weighted by Gasteiger charge is 2.51. The van der Waals surface area contributed by atoms with Crippen LogP contribution in [0.25, 0.3) is 0 Å². The van der Waals surface area contributed by atoms with Crippen molar-refractivity contribution in [3.8, 4) is 0 Å². The number of esters is 1. The van der Waals surface area contributed by atoms with Gasteiger partial charge in [0.05, 0.1) is 48.1 Å². The molecule has 3 aromatic rings. The number of rotatable bonds is 19. The Labute approximate surface area is 472 Å². The Morgan fingerprint density at radius 3 is 1.59 bits per heavy atom. The van der Waals surface area contributed by atoms with Gasteiger partial charge in [-0.05, 0) is 223 Å². The minimum Gasteiger partial charge on any atom is -0.459 e. The second kappa shape index (κ2) is 28.6. The highest BCUT2D eigenvalue weighted by Crippen LogP contribution is 2.57. The minimum atomic E-state index is -1.99. The van der Waals surface area contributed by atoms with Crippen molar-refractivity contribution in [2.24, 2.45) is 23.7 Å². The van der Waals surface area contributed by atoms with Gasteiger partial charge in [-0.3, -0.25) is 9.59 Å². The van der Waals surface area contributed by atoms with Crippen molar-refractivity contribution in [3.05, 3.63) is 88.0 Å². The number of aryl methyl sites for hydroxylation is 6. The number of nitrogens with zero attached hydrogens (tertiary/aromatic N) is 2. The Balaban J connectivity index is 1.24. The van der Waals surface area contributed by atoms with E-state index in [1.165, 1.54) is 75.5 Å². The lowest BCUT2D eigenvalue weighted by Gasteiger charge is -2.47. The molecular formula is C66H106N2O9P+. The van der Waals surface area contributed by atoms with E-state index >= 15 is 0 Å². The number of hydrogen-bond acceptors (Lipinski definition) is 10. The molecule has 2 aliphatic rings. The van der Waals surface area contributed by atoms with Crippen LogP contribution in [0.3, 0.4) is 0 Å². The number of aliphatic hydroxyl groups is 5. The fourth-order valence-electron chi connectivity index (χ4n) is 13.8. The van der Waals surface area contributed by atoms with Crippen molar-refractivity contribution >= 4 is 35.1 Å². The molecule has 5 rings (SSSR count). The minimum absolute atomic E-state index is 0.143. The largest absolute Gasteiger partial charge is 0.459 e. The zero-order valence-corrected chi connectivity index (χ0v) is 52.0. The molecule has 2 aliphatic heterocycles. The summed E-state index contributed by atoms with van der Waals surface area (Å²) in [6.45, 7) is 27.6. The summed E-state index contributed by atoms with van der Waals surface area (Å²) in [5, 5.41) is 64.6. The van der Waals surface area contributed by atoms with E-state index in [9.17, 15) is 35.1 Å². The first kappa shape index (κ1) is 65.6. The number of benzene rings is 3. The normalized spacial score (nSPS) is 30.9. The van der Waals surface area contributed by atoms with E-state index in [0.29, 0.717) is 12.8 Å². The number of likely N-dealkylation sites (N-methyl/N-ethyl adjacent to an activating group) is 1. The molecule has 0 radical (unpaired) electrons. The first-order valence-electron chi connectivity index (χ1n) is 30.0. The molecule has 0 bridgehead atoms. The third-order valence-electron chi connectivity index (χ3n) is 18.0. The Morgan fingerprint density at radius 2 is 1.14 bits per heavy atom. The summed E-state index contributed by atoms with van der Waals surface area (Å²) in [7, 11) is 1.87. The van der Waals surface area contributed by atoms with Gasteiger partial charge in [-0.2, -0.15) is 0 Å². The predicted octanol–water partition coefficient (Wildman–Crippen LogP) is 10.3. The number of hydrogen-bond donors (Lipinski definition) is 5. The first-order valence-corrected chi connectivity index (χ1v) is 32.0. The number of cyclic esters (lactones) is 1. The van der Waals surface area contributed by atoms with Crippen LogP contribution in [0.4, 0.5) is 0 Å². The van der Waals surface area contributed by atoms with Crippen molar-refractivity contribution in [1.29, 1.82) is 0 Å². The lowest BCUT2D eigenvalue weighted by Crippen LogP contribution is -2.60. The molecule has 0 aliphatic carbocycles. The molecule has 1 amide bonds. The van der Waals surface area contributed by atoms with E-state index in [2.05, 4.69) is 96.1 Å². The first-order chi connectivity index (χ1) is 36.5. The molecule has 2 fully saturated rings. The lowest BCUT2D eigenvalue weighted by atomic mass is 9.68. The van der Waals surface area contributed by atoms with Crippen LogP contribution in [0.15, 0.2) is 54.6 Å². The van der Waals surface area contributed by atoms with E-state index in [4.69, 9.17) is 9.47 Å². The van der Waals surface area contributed by atoms with E-state index in [0.717, 1.165) is 38.3 Å². The summed E-state index contributed by atoms with van der Waals surface area (Å²) in [6, 6.07) is 20.6. The van der Waals surface area contributed by atoms with Gasteiger partial charge in [0, 0.05) is 19.0 Å². The third kappa shape index (κ3) is 16.5. The molecule has 0 spiro atoms. The second-order valence-electron chi connectivity index (χ2n) is 25.7. The molecule has 2 saturated heterocycles. The van der Waals surface area contributed by atoms with E-state index < -0.39 is 78.7 Å². The van der Waals surface area contributed by atoms with Crippen molar-refractivity contribution in [2.45, 2.75) is 247 Å². The van der Waals surface area contributed by atoms with Gasteiger partial charge in [0.15, 0.2) is 0 Å². The van der Waals surface area contributed by atoms with Gasteiger partial charge in [0.2, 0.25) is 5.91 Å². The highest BCUT2D eigenvalue weighted by molar-refractivity contribution is 7.95. The topological polar surface area (TPSA) is 160 Å². The molecule has 438 valence electrons. The third-order valence-corrected chi connectivity index (χ3v) is 22.4. The molecular weight excluding hydrogens is 996 g/mol. The number of ether oxygens (including phenoxy) is 2. The fourth-order valence-corrected chi connectivity index (χ4v) is 18.7. The molecule has 12 heteroatoms. The summed E-state index contributed by atoms with van der Waals surface area (Å²) in [4.78, 5) is 32.0. The number of carbonyl (C=O) groups is 2. The summed E-state index contributed by atoms with van der Waals surface area (Å²) in [5.74, 6) is -3.51. The summed E-state index contributed by atoms with van der Waals surface area (Å²) >= 11 is 0. The van der Waals surface area contributed by atoms with Gasteiger partial charge in [-0.25, -0.2) is 0 Å². The van der Waals surface area contributed by atoms with Crippen molar-refractivity contribution in [2.75, 3.05) is 26.8 Å². The molecule has 78 heavy (non-hydrogen) atoms. The zero-order chi connectivity index (χ0) is 58.0. The van der Waals surface area contributed by atoms with Crippen LogP contribution in [0.1, 0.15) is 179 Å². The van der Waals surface area contributed by atoms with E-state index in [-0.39, 0.29) is 56.2 Å². The van der Waals surface area contributed by atoms with Crippen molar-refractivity contribution in [3.63, 3.8) is 0 Å². The average Bonchev–Trinajstić information content (AvgIpc) is 3.37. The number of amides is 1. The molecule has 5 N–H and O–H groups in total. The number of unbranched alkanes of at least 4 members (excludes halogenated alkanes) is 8. The Kier molecular flexibility index (Phi) is 24.1. The second-order valence-corrected chi connectivity index (χ2v) is 29.3. The van der Waals surface area contributed by atoms with Gasteiger partial charge in [0.1, 0.15) is 41.0 Å². The molecule has 14 atom stereocenters. The Bertz CT molecular complexity index is 2220. The van der Waals surface area contributed by atoms with Gasteiger partial charge in [-0.1, -0.05) is 77.5 Å². The zero-order valence-electron chi connectivity index (χ0n) is 51.1. The summed E-state index contributed by atoms with van der Waals surface area (Å²) < 4.78 is 12.3. The Hall–Kier alpha value is -3.25. The maximum atomic E-state index is 14.5. The standard InChI is InChI=1S/C66H106N2O9P/c1-17-59-66(14,75)63(72)52(12)68(41-48(8)40-65(13,74)56(50(10)61(70)51(11)64(73)77-59)39-58-62(71)57(67(15)16)38-49(9)76-58)60(69)27-25-23-21-19-18-20-22-24-26-28-78(53-32-42(2)29-43(3)33-53,54-34-44(4)30-45(5)35-54)55-36-46(6)31-47(7)37-55/h29-37,48-52,56-59,61-63,70-72,74-75H,17-28,38-41H2,1-16H3/q+1/t48-,49-,50-,51-,52-,56-,57+,58+,59-,61+,62-,63-,65-,66-/m1/s1. The van der Waals surface area contributed by atoms with Crippen LogP contribution in [0, 0.1) is 65.2 Å². The molecule has 11 nitrogen and oxygen atoms in total. The van der Waals surface area contributed by atoms with Crippen LogP contribution in [0.5, 0.6) is 0 Å². The van der Waals surface area contributed by atoms with Gasteiger partial charge in [0.25, 0.3) is 0 Å². The van der Waals surface area contributed by atoms with Crippen LogP contribution >= 0.6 is 7.26 Å². The molecule has 0 unspecified atom stereocenters. The monoisotopic (exact) mass is 1100 g/mol. The fraction of sp³-hybridized carbons (Fsp3) is 0.697. The van der Waals surface area contributed by atoms with Crippen LogP contribution < -0.4 is 15.9 Å². The highest BCUT2D eigenvalue weighted by atomic mass is 31.2. The maximum Gasteiger partial charge on any atom is 0.311 e. The van der Waals surface area contributed by atoms with Gasteiger partial charge < -0.3 is 44.8 Å². The van der Waals surface area contributed by atoms with Gasteiger partial charge in [-0.15, -0.1) is 0 Å². The average molecular weight is 1100 g/mol. The molecule has 0 aromatic heterocycles. The Morgan fingerprint density at radius 1 is 0.692 bits per heavy atom. The van der Waals surface area contributed by atoms with Crippen LogP contribution in [0.2, 0.25) is 0 Å². The maximum absolute atomic E-state index is 14.5. The SMILES string of the molecule is CC[C@H]1OC(=O)[C@H](C)[C@@H](O)[C@H](C)[C@@H](C[C@@H]2O[C@H](C)C[C@H](N(C)C)[C@H]2O)[C@](C)(O)C[C@@H](C)CN(C(=O)CCCCCCCCCCC[P+](c2cc(C)cc(C)c2)(c2cc(C)cc(C)c2)c2cc(C)cc(C)c2)[C@H](C)[C@@H](O)[C@]1(C)O. The number of carbonyl (C=O) groups excluding carboxylic acids is 2. The van der Waals surface area contributed by atoms with E-state index in [1.54, 1.807) is 32.6 Å². The number of aliphatic hydroxyl groups excluding tert-OH is 3. The van der Waals surface area contributed by atoms with E-state index in [1.807, 2.05) is 39.8 Å². The van der Waals surface area contributed by atoms with Crippen molar-refractivity contribution in [1.82, 2.24) is 9.80 Å². The van der Waals surface area contributed by atoms with Crippen LogP contribution in [-0.4, -0.2) is 134 Å². The van der Waals surface area contributed by atoms with Gasteiger partial charge >= 0.3 is 5.97 Å². The summed E-state index contributed by atoms with van der Waals surface area (Å²) in [6.07, 6.45) is 6.65. The van der Waals surface area contributed by atoms with Crippen LogP contribution in [-0.2, 0) is 19.1 Å². The molecule has 3 aromatic carbocycles. The smallest absolute Gasteiger partial charge is 0.311 e. The quantitative estimate of drug-likeness (QED) is 0.0444.